The van der Waals surface area contributed by atoms with Crippen LogP contribution in [0.1, 0.15) is 39.2 Å². The fraction of sp³-hybridized carbons (Fsp3) is 0.643. The summed E-state index contributed by atoms with van der Waals surface area (Å²) < 4.78 is 0. The molecule has 0 saturated heterocycles. The SMILES string of the molecule is CCCNCc1cc(N(CC)CCC)ncc1Cl. The molecule has 1 heterocycles. The Labute approximate surface area is 116 Å². The van der Waals surface area contributed by atoms with Gasteiger partial charge in [-0.3, -0.25) is 0 Å². The number of anilines is 1. The van der Waals surface area contributed by atoms with Gasteiger partial charge in [-0.05, 0) is 37.9 Å². The van der Waals surface area contributed by atoms with E-state index in [-0.39, 0.29) is 0 Å². The van der Waals surface area contributed by atoms with Crippen molar-refractivity contribution in [3.63, 3.8) is 0 Å². The normalized spacial score (nSPS) is 10.7. The van der Waals surface area contributed by atoms with Gasteiger partial charge in [0.05, 0.1) is 5.02 Å². The Hall–Kier alpha value is -0.800. The van der Waals surface area contributed by atoms with Crippen LogP contribution in [0.2, 0.25) is 5.02 Å². The number of rotatable bonds is 8. The van der Waals surface area contributed by atoms with Gasteiger partial charge in [-0.25, -0.2) is 4.98 Å². The molecule has 1 rings (SSSR count). The van der Waals surface area contributed by atoms with Crippen molar-refractivity contribution in [1.29, 1.82) is 0 Å². The number of hydrogen-bond donors (Lipinski definition) is 1. The third-order valence-corrected chi connectivity index (χ3v) is 3.20. The van der Waals surface area contributed by atoms with Crippen molar-refractivity contribution in [2.75, 3.05) is 24.5 Å². The minimum absolute atomic E-state index is 0.745. The van der Waals surface area contributed by atoms with Gasteiger partial charge in [-0.15, -0.1) is 0 Å². The summed E-state index contributed by atoms with van der Waals surface area (Å²) in [5.74, 6) is 1.03. The lowest BCUT2D eigenvalue weighted by Gasteiger charge is -2.22. The number of halogens is 1. The lowest BCUT2D eigenvalue weighted by Crippen LogP contribution is -2.25. The number of pyridine rings is 1. The fourth-order valence-corrected chi connectivity index (χ4v) is 2.05. The molecule has 0 unspecified atom stereocenters. The molecule has 1 aromatic heterocycles. The third kappa shape index (κ3) is 4.46. The van der Waals surface area contributed by atoms with E-state index in [0.717, 1.165) is 55.4 Å². The zero-order chi connectivity index (χ0) is 13.4. The first-order valence-corrected chi connectivity index (χ1v) is 7.20. The van der Waals surface area contributed by atoms with Gasteiger partial charge in [0.1, 0.15) is 5.82 Å². The second-order valence-corrected chi connectivity index (χ2v) is 4.80. The first-order chi connectivity index (χ1) is 8.72. The quantitative estimate of drug-likeness (QED) is 0.733. The largest absolute Gasteiger partial charge is 0.357 e. The lowest BCUT2D eigenvalue weighted by atomic mass is 10.2. The second kappa shape index (κ2) is 8.33. The van der Waals surface area contributed by atoms with E-state index in [0.29, 0.717) is 0 Å². The summed E-state index contributed by atoms with van der Waals surface area (Å²) >= 11 is 6.18. The Bertz CT molecular complexity index is 355. The molecule has 1 N–H and O–H groups in total. The molecule has 4 heteroatoms. The van der Waals surface area contributed by atoms with E-state index in [4.69, 9.17) is 11.6 Å². The van der Waals surface area contributed by atoms with E-state index in [1.807, 2.05) is 0 Å². The van der Waals surface area contributed by atoms with Gasteiger partial charge in [0.25, 0.3) is 0 Å². The smallest absolute Gasteiger partial charge is 0.128 e. The summed E-state index contributed by atoms with van der Waals surface area (Å²) in [6, 6.07) is 2.10. The number of nitrogens with zero attached hydrogens (tertiary/aromatic N) is 2. The van der Waals surface area contributed by atoms with Crippen molar-refractivity contribution in [3.8, 4) is 0 Å². The molecule has 0 saturated carbocycles. The molecule has 102 valence electrons. The second-order valence-electron chi connectivity index (χ2n) is 4.39. The molecule has 0 bridgehead atoms. The molecular weight excluding hydrogens is 246 g/mol. The zero-order valence-electron chi connectivity index (χ0n) is 11.7. The Kier molecular flexibility index (Phi) is 7.06. The van der Waals surface area contributed by atoms with Crippen LogP contribution in [0.4, 0.5) is 5.82 Å². The predicted octanol–water partition coefficient (Wildman–Crippen LogP) is 3.47. The van der Waals surface area contributed by atoms with Crippen molar-refractivity contribution in [3.05, 3.63) is 22.8 Å². The highest BCUT2D eigenvalue weighted by molar-refractivity contribution is 6.31. The summed E-state index contributed by atoms with van der Waals surface area (Å²) in [7, 11) is 0. The average Bonchev–Trinajstić information content (AvgIpc) is 2.38. The van der Waals surface area contributed by atoms with Crippen LogP contribution in [0.15, 0.2) is 12.3 Å². The van der Waals surface area contributed by atoms with Crippen LogP contribution >= 0.6 is 11.6 Å². The lowest BCUT2D eigenvalue weighted by molar-refractivity contribution is 0.674. The van der Waals surface area contributed by atoms with Gasteiger partial charge >= 0.3 is 0 Å². The maximum Gasteiger partial charge on any atom is 0.128 e. The van der Waals surface area contributed by atoms with Gasteiger partial charge in [0.2, 0.25) is 0 Å². The summed E-state index contributed by atoms with van der Waals surface area (Å²) in [5, 5.41) is 4.12. The summed E-state index contributed by atoms with van der Waals surface area (Å²) in [4.78, 5) is 6.70. The van der Waals surface area contributed by atoms with Crippen LogP contribution in [-0.2, 0) is 6.54 Å². The van der Waals surface area contributed by atoms with Gasteiger partial charge in [-0.1, -0.05) is 25.4 Å². The highest BCUT2D eigenvalue weighted by Gasteiger charge is 2.08. The molecule has 18 heavy (non-hydrogen) atoms. The van der Waals surface area contributed by atoms with E-state index in [1.165, 1.54) is 0 Å². The molecule has 1 aromatic rings. The van der Waals surface area contributed by atoms with Crippen LogP contribution in [-0.4, -0.2) is 24.6 Å². The molecule has 0 atom stereocenters. The van der Waals surface area contributed by atoms with Crippen LogP contribution in [0.5, 0.6) is 0 Å². The molecule has 0 aliphatic heterocycles. The van der Waals surface area contributed by atoms with Crippen LogP contribution in [0.25, 0.3) is 0 Å². The molecule has 0 aliphatic carbocycles. The molecule has 3 nitrogen and oxygen atoms in total. The minimum atomic E-state index is 0.745. The van der Waals surface area contributed by atoms with Crippen molar-refractivity contribution >= 4 is 17.4 Å². The van der Waals surface area contributed by atoms with Crippen molar-refractivity contribution in [2.45, 2.75) is 40.2 Å². The third-order valence-electron chi connectivity index (χ3n) is 2.86. The van der Waals surface area contributed by atoms with Crippen LogP contribution in [0.3, 0.4) is 0 Å². The van der Waals surface area contributed by atoms with E-state index >= 15 is 0 Å². The highest BCUT2D eigenvalue weighted by atomic mass is 35.5. The van der Waals surface area contributed by atoms with E-state index in [9.17, 15) is 0 Å². The molecular formula is C14H24ClN3. The van der Waals surface area contributed by atoms with Crippen LogP contribution in [0, 0.1) is 0 Å². The van der Waals surface area contributed by atoms with Crippen molar-refractivity contribution in [2.24, 2.45) is 0 Å². The predicted molar refractivity (Wildman–Crippen MR) is 79.4 cm³/mol. The van der Waals surface area contributed by atoms with E-state index in [1.54, 1.807) is 6.20 Å². The van der Waals surface area contributed by atoms with E-state index in [2.05, 4.69) is 42.0 Å². The highest BCUT2D eigenvalue weighted by Crippen LogP contribution is 2.20. The monoisotopic (exact) mass is 269 g/mol. The Morgan fingerprint density at radius 2 is 2.06 bits per heavy atom. The van der Waals surface area contributed by atoms with Crippen LogP contribution < -0.4 is 10.2 Å². The summed E-state index contributed by atoms with van der Waals surface area (Å²) in [6.07, 6.45) is 4.02. The molecule has 0 aliphatic rings. The fourth-order valence-electron chi connectivity index (χ4n) is 1.88. The Morgan fingerprint density at radius 3 is 2.67 bits per heavy atom. The van der Waals surface area contributed by atoms with Crippen molar-refractivity contribution in [1.82, 2.24) is 10.3 Å². The molecule has 0 amide bonds. The molecule has 0 aromatic carbocycles. The summed E-state index contributed by atoms with van der Waals surface area (Å²) in [5.41, 5.74) is 1.13. The maximum atomic E-state index is 6.18. The number of nitrogens with one attached hydrogen (secondary N) is 1. The van der Waals surface area contributed by atoms with Gasteiger partial charge in [-0.2, -0.15) is 0 Å². The Morgan fingerprint density at radius 1 is 1.28 bits per heavy atom. The maximum absolute atomic E-state index is 6.18. The molecule has 0 spiro atoms. The number of hydrogen-bond acceptors (Lipinski definition) is 3. The standard InChI is InChI=1S/C14H24ClN3/c1-4-7-16-10-12-9-14(17-11-13(12)15)18(6-3)8-5-2/h9,11,16H,4-8,10H2,1-3H3. The first kappa shape index (κ1) is 15.3. The van der Waals surface area contributed by atoms with Gasteiger partial charge in [0, 0.05) is 25.8 Å². The number of aromatic nitrogens is 1. The Balaban J connectivity index is 2.78. The van der Waals surface area contributed by atoms with Gasteiger partial charge < -0.3 is 10.2 Å². The van der Waals surface area contributed by atoms with E-state index < -0.39 is 0 Å². The average molecular weight is 270 g/mol. The van der Waals surface area contributed by atoms with Gasteiger partial charge in [0.15, 0.2) is 0 Å². The first-order valence-electron chi connectivity index (χ1n) is 6.82. The molecule has 0 radical (unpaired) electrons. The topological polar surface area (TPSA) is 28.2 Å². The van der Waals surface area contributed by atoms with Crippen molar-refractivity contribution < 1.29 is 0 Å². The molecule has 0 fully saturated rings. The minimum Gasteiger partial charge on any atom is -0.357 e. The summed E-state index contributed by atoms with van der Waals surface area (Å²) in [6.45, 7) is 10.3. The zero-order valence-corrected chi connectivity index (χ0v) is 12.4.